The minimum atomic E-state index is -1.92. The van der Waals surface area contributed by atoms with Crippen LogP contribution in [0.1, 0.15) is 66.4 Å². The van der Waals surface area contributed by atoms with Crippen molar-refractivity contribution < 1.29 is 14.3 Å². The molecule has 0 saturated heterocycles. The van der Waals surface area contributed by atoms with Gasteiger partial charge in [-0.1, -0.05) is 71.5 Å². The van der Waals surface area contributed by atoms with Gasteiger partial charge in [-0.15, -0.1) is 0 Å². The summed E-state index contributed by atoms with van der Waals surface area (Å²) in [4.78, 5) is 0. The summed E-state index contributed by atoms with van der Waals surface area (Å²) >= 11 is 0. The van der Waals surface area contributed by atoms with Gasteiger partial charge in [-0.2, -0.15) is 0 Å². The Labute approximate surface area is 192 Å². The lowest BCUT2D eigenvalue weighted by atomic mass is 9.53. The molecule has 0 bridgehead atoms. The van der Waals surface area contributed by atoms with E-state index in [0.29, 0.717) is 25.7 Å². The Morgan fingerprint density at radius 1 is 1.23 bits per heavy atom. The zero-order chi connectivity index (χ0) is 23.5. The monoisotopic (exact) mass is 446 g/mol. The van der Waals surface area contributed by atoms with Crippen molar-refractivity contribution in [3.05, 3.63) is 48.0 Å². The van der Waals surface area contributed by atoms with Gasteiger partial charge in [0.25, 0.3) is 0 Å². The van der Waals surface area contributed by atoms with Crippen LogP contribution in [0.25, 0.3) is 0 Å². The van der Waals surface area contributed by atoms with E-state index in [0.717, 1.165) is 24.8 Å². The van der Waals surface area contributed by atoms with E-state index in [1.165, 1.54) is 5.56 Å². The molecule has 0 radical (unpaired) electrons. The Hall–Kier alpha value is -0.943. The maximum absolute atomic E-state index is 11.8. The number of benzene rings is 1. The minimum absolute atomic E-state index is 0.00991. The van der Waals surface area contributed by atoms with Crippen LogP contribution in [0.2, 0.25) is 18.1 Å². The summed E-state index contributed by atoms with van der Waals surface area (Å²) in [7, 11) is -1.92. The van der Waals surface area contributed by atoms with Gasteiger partial charge in [-0.05, 0) is 66.8 Å². The third kappa shape index (κ3) is 5.90. The summed E-state index contributed by atoms with van der Waals surface area (Å²) < 4.78 is 12.8. The van der Waals surface area contributed by atoms with E-state index >= 15 is 0 Å². The smallest absolute Gasteiger partial charge is 0.191 e. The molecular weight excluding hydrogens is 400 g/mol. The fourth-order valence-electron chi connectivity index (χ4n) is 4.65. The topological polar surface area (TPSA) is 38.7 Å². The van der Waals surface area contributed by atoms with Crippen molar-refractivity contribution in [2.45, 2.75) is 91.1 Å². The SMILES string of the molecule is C=C(C)[C@]1(O)CC[C@@H](C)[C@@](C)(CCOCc2ccccc2)[C@H]1CO[Si](C)(C)C(C)(C)C. The molecule has 1 saturated carbocycles. The van der Waals surface area contributed by atoms with Crippen molar-refractivity contribution in [1.29, 1.82) is 0 Å². The van der Waals surface area contributed by atoms with E-state index in [1.807, 2.05) is 25.1 Å². The van der Waals surface area contributed by atoms with Gasteiger partial charge >= 0.3 is 0 Å². The largest absolute Gasteiger partial charge is 0.416 e. The summed E-state index contributed by atoms with van der Waals surface area (Å²) in [5.74, 6) is 0.496. The lowest BCUT2D eigenvalue weighted by Gasteiger charge is -2.55. The summed E-state index contributed by atoms with van der Waals surface area (Å²) in [5, 5.41) is 11.9. The lowest BCUT2D eigenvalue weighted by Crippen LogP contribution is -2.57. The van der Waals surface area contributed by atoms with Crippen molar-refractivity contribution in [2.24, 2.45) is 17.3 Å². The molecular formula is C27H46O3Si. The molecule has 176 valence electrons. The highest BCUT2D eigenvalue weighted by molar-refractivity contribution is 6.74. The van der Waals surface area contributed by atoms with Gasteiger partial charge in [0, 0.05) is 19.1 Å². The first kappa shape index (κ1) is 26.3. The molecule has 0 spiro atoms. The molecule has 4 atom stereocenters. The first-order valence-corrected chi connectivity index (χ1v) is 14.8. The zero-order valence-corrected chi connectivity index (χ0v) is 22.3. The first-order chi connectivity index (χ1) is 14.2. The van der Waals surface area contributed by atoms with Crippen LogP contribution in [0.5, 0.6) is 0 Å². The van der Waals surface area contributed by atoms with Crippen molar-refractivity contribution in [3.63, 3.8) is 0 Å². The zero-order valence-electron chi connectivity index (χ0n) is 21.3. The summed E-state index contributed by atoms with van der Waals surface area (Å²) in [6.45, 7) is 24.1. The molecule has 0 heterocycles. The Balaban J connectivity index is 2.19. The molecule has 1 aliphatic rings. The second-order valence-electron chi connectivity index (χ2n) is 11.6. The third-order valence-electron chi connectivity index (χ3n) is 8.51. The highest BCUT2D eigenvalue weighted by Crippen LogP contribution is 2.54. The molecule has 4 heteroatoms. The second kappa shape index (κ2) is 9.90. The molecule has 2 rings (SSSR count). The second-order valence-corrected chi connectivity index (χ2v) is 16.4. The van der Waals surface area contributed by atoms with Crippen molar-refractivity contribution >= 4 is 8.32 Å². The van der Waals surface area contributed by atoms with E-state index in [2.05, 4.69) is 66.4 Å². The molecule has 1 aliphatic carbocycles. The Kier molecular flexibility index (Phi) is 8.41. The van der Waals surface area contributed by atoms with E-state index in [1.54, 1.807) is 0 Å². The molecule has 1 aromatic rings. The number of hydrogen-bond acceptors (Lipinski definition) is 3. The van der Waals surface area contributed by atoms with Gasteiger partial charge in [0.05, 0.1) is 12.2 Å². The number of ether oxygens (including phenoxy) is 1. The Morgan fingerprint density at radius 2 is 1.84 bits per heavy atom. The standard InChI is InChI=1S/C27H46O3Si/c1-21(2)27(28)16-15-22(3)26(7,17-18-29-19-23-13-11-10-12-14-23)24(27)20-30-31(8,9)25(4,5)6/h10-14,22,24,28H,1,15-20H2,2-9H3/t22-,24-,26-,27-/m1/s1. The minimum Gasteiger partial charge on any atom is -0.416 e. The van der Waals surface area contributed by atoms with E-state index < -0.39 is 13.9 Å². The summed E-state index contributed by atoms with van der Waals surface area (Å²) in [5.41, 5.74) is 1.09. The maximum atomic E-state index is 11.8. The van der Waals surface area contributed by atoms with E-state index in [-0.39, 0.29) is 16.4 Å². The maximum Gasteiger partial charge on any atom is 0.191 e. The Morgan fingerprint density at radius 3 is 2.39 bits per heavy atom. The predicted octanol–water partition coefficient (Wildman–Crippen LogP) is 6.97. The number of hydrogen-bond donors (Lipinski definition) is 1. The van der Waals surface area contributed by atoms with Crippen LogP contribution in [0.15, 0.2) is 42.5 Å². The summed E-state index contributed by atoms with van der Waals surface area (Å²) in [6, 6.07) is 10.3. The van der Waals surface area contributed by atoms with Gasteiger partial charge in [0.1, 0.15) is 0 Å². The number of rotatable bonds is 9. The molecule has 3 nitrogen and oxygen atoms in total. The lowest BCUT2D eigenvalue weighted by molar-refractivity contribution is -0.132. The molecule has 1 aromatic carbocycles. The van der Waals surface area contributed by atoms with Crippen LogP contribution in [0.4, 0.5) is 0 Å². The van der Waals surface area contributed by atoms with Crippen molar-refractivity contribution in [2.75, 3.05) is 13.2 Å². The van der Waals surface area contributed by atoms with Gasteiger partial charge in [0.2, 0.25) is 0 Å². The third-order valence-corrected chi connectivity index (χ3v) is 13.0. The molecule has 1 fully saturated rings. The van der Waals surface area contributed by atoms with Gasteiger partial charge in [-0.3, -0.25) is 0 Å². The normalized spacial score (nSPS) is 29.7. The fourth-order valence-corrected chi connectivity index (χ4v) is 5.67. The van der Waals surface area contributed by atoms with Crippen LogP contribution < -0.4 is 0 Å². The summed E-state index contributed by atoms with van der Waals surface area (Å²) in [6.07, 6.45) is 2.66. The van der Waals surface area contributed by atoms with Gasteiger partial charge in [-0.25, -0.2) is 0 Å². The van der Waals surface area contributed by atoms with Crippen LogP contribution in [0.3, 0.4) is 0 Å². The molecule has 0 amide bonds. The van der Waals surface area contributed by atoms with E-state index in [4.69, 9.17) is 9.16 Å². The molecule has 1 N–H and O–H groups in total. The van der Waals surface area contributed by atoms with Crippen molar-refractivity contribution in [3.8, 4) is 0 Å². The van der Waals surface area contributed by atoms with Crippen LogP contribution in [-0.4, -0.2) is 32.2 Å². The van der Waals surface area contributed by atoms with Crippen LogP contribution >= 0.6 is 0 Å². The molecule has 0 aliphatic heterocycles. The van der Waals surface area contributed by atoms with Crippen LogP contribution in [-0.2, 0) is 15.8 Å². The Bertz CT molecular complexity index is 724. The van der Waals surface area contributed by atoms with Crippen molar-refractivity contribution in [1.82, 2.24) is 0 Å². The average Bonchev–Trinajstić information content (AvgIpc) is 2.68. The highest BCUT2D eigenvalue weighted by atomic mass is 28.4. The van der Waals surface area contributed by atoms with E-state index in [9.17, 15) is 5.11 Å². The quantitative estimate of drug-likeness (QED) is 0.253. The number of aliphatic hydroxyl groups is 1. The molecule has 0 aromatic heterocycles. The fraction of sp³-hybridized carbons (Fsp3) is 0.704. The molecule has 0 unspecified atom stereocenters. The van der Waals surface area contributed by atoms with Gasteiger partial charge in [0.15, 0.2) is 8.32 Å². The highest BCUT2D eigenvalue weighted by Gasteiger charge is 2.54. The first-order valence-electron chi connectivity index (χ1n) is 11.9. The average molecular weight is 447 g/mol. The van der Waals surface area contributed by atoms with Gasteiger partial charge < -0.3 is 14.3 Å². The predicted molar refractivity (Wildman–Crippen MR) is 134 cm³/mol. The molecule has 31 heavy (non-hydrogen) atoms. The van der Waals surface area contributed by atoms with Crippen LogP contribution in [0, 0.1) is 17.3 Å².